The van der Waals surface area contributed by atoms with Gasteiger partial charge in [0.25, 0.3) is 0 Å². The lowest BCUT2D eigenvalue weighted by Gasteiger charge is -2.20. The first-order valence-corrected chi connectivity index (χ1v) is 8.12. The van der Waals surface area contributed by atoms with E-state index in [2.05, 4.69) is 49.1 Å². The van der Waals surface area contributed by atoms with Crippen molar-refractivity contribution in [3.8, 4) is 0 Å². The van der Waals surface area contributed by atoms with Crippen molar-refractivity contribution in [2.75, 3.05) is 25.5 Å². The molecule has 1 heterocycles. The molecule has 1 unspecified atom stereocenters. The molecule has 0 aromatic heterocycles. The molecule has 2 rings (SSSR count). The van der Waals surface area contributed by atoms with Crippen LogP contribution in [-0.4, -0.2) is 31.1 Å². The van der Waals surface area contributed by atoms with Crippen LogP contribution in [0.1, 0.15) is 19.3 Å². The maximum Gasteiger partial charge on any atom is 0.0632 e. The second-order valence-corrected chi connectivity index (χ2v) is 6.96. The van der Waals surface area contributed by atoms with Gasteiger partial charge in [-0.25, -0.2) is 0 Å². The van der Waals surface area contributed by atoms with Crippen molar-refractivity contribution in [3.63, 3.8) is 0 Å². The van der Waals surface area contributed by atoms with Crippen LogP contribution in [0.4, 0.5) is 5.69 Å². The van der Waals surface area contributed by atoms with Crippen LogP contribution >= 0.6 is 43.5 Å². The monoisotopic (exact) mass is 394 g/mol. The molecule has 1 N–H and O–H groups in total. The molecule has 0 bridgehead atoms. The molecular weight excluding hydrogens is 379 g/mol. The summed E-state index contributed by atoms with van der Waals surface area (Å²) in [6.45, 7) is 2.35. The van der Waals surface area contributed by atoms with E-state index in [1.54, 1.807) is 0 Å². The van der Waals surface area contributed by atoms with E-state index in [1.807, 2.05) is 12.1 Å². The highest BCUT2D eigenvalue weighted by Crippen LogP contribution is 2.35. The summed E-state index contributed by atoms with van der Waals surface area (Å²) in [5, 5.41) is 4.36. The van der Waals surface area contributed by atoms with Crippen molar-refractivity contribution in [1.29, 1.82) is 0 Å². The van der Waals surface area contributed by atoms with Crippen LogP contribution in [0.5, 0.6) is 0 Å². The third-order valence-electron chi connectivity index (χ3n) is 3.31. The van der Waals surface area contributed by atoms with Gasteiger partial charge >= 0.3 is 0 Å². The molecule has 0 spiro atoms. The largest absolute Gasteiger partial charge is 0.380 e. The fourth-order valence-corrected chi connectivity index (χ4v) is 4.17. The minimum absolute atomic E-state index is 0.531. The molecule has 1 aliphatic heterocycles. The summed E-state index contributed by atoms with van der Waals surface area (Å²) in [6, 6.07) is 4.39. The van der Waals surface area contributed by atoms with E-state index >= 15 is 0 Å². The van der Waals surface area contributed by atoms with Crippen molar-refractivity contribution in [2.45, 2.75) is 25.3 Å². The maximum atomic E-state index is 6.02. The van der Waals surface area contributed by atoms with E-state index in [9.17, 15) is 0 Å². The summed E-state index contributed by atoms with van der Waals surface area (Å²) < 4.78 is 2.03. The van der Waals surface area contributed by atoms with Gasteiger partial charge in [-0.2, -0.15) is 0 Å². The van der Waals surface area contributed by atoms with Gasteiger partial charge in [0.1, 0.15) is 0 Å². The molecule has 2 nitrogen and oxygen atoms in total. The number of hydrogen-bond donors (Lipinski definition) is 1. The standard InChI is InChI=1S/C13H17Br2ClN2/c1-18-5-2-3-10(4-6-18)17-13-11(14)7-9(16)8-12(13)15/h7-8,10,17H,2-6H2,1H3. The number of anilines is 1. The molecular formula is C13H17Br2ClN2. The minimum Gasteiger partial charge on any atom is -0.380 e. The molecule has 1 atom stereocenters. The van der Waals surface area contributed by atoms with Crippen molar-refractivity contribution in [3.05, 3.63) is 26.1 Å². The predicted octanol–water partition coefficient (Wildman–Crippen LogP) is 4.76. The zero-order valence-electron chi connectivity index (χ0n) is 10.3. The Labute approximate surface area is 130 Å². The first kappa shape index (κ1) is 14.6. The van der Waals surface area contributed by atoms with Gasteiger partial charge in [-0.15, -0.1) is 0 Å². The summed E-state index contributed by atoms with van der Waals surface area (Å²) in [5.74, 6) is 0. The second-order valence-electron chi connectivity index (χ2n) is 4.82. The Morgan fingerprint density at radius 1 is 1.22 bits per heavy atom. The van der Waals surface area contributed by atoms with Crippen LogP contribution in [0, 0.1) is 0 Å². The Bertz CT molecular complexity index is 402. The number of hydrogen-bond acceptors (Lipinski definition) is 2. The van der Waals surface area contributed by atoms with Crippen molar-refractivity contribution in [1.82, 2.24) is 4.90 Å². The smallest absolute Gasteiger partial charge is 0.0632 e. The Kier molecular flexibility index (Phi) is 5.36. The van der Waals surface area contributed by atoms with Crippen molar-refractivity contribution in [2.24, 2.45) is 0 Å². The average molecular weight is 397 g/mol. The Morgan fingerprint density at radius 2 is 1.89 bits per heavy atom. The van der Waals surface area contributed by atoms with Crippen LogP contribution in [0.15, 0.2) is 21.1 Å². The first-order valence-electron chi connectivity index (χ1n) is 6.16. The summed E-state index contributed by atoms with van der Waals surface area (Å²) in [5.41, 5.74) is 1.11. The van der Waals surface area contributed by atoms with E-state index in [0.29, 0.717) is 6.04 Å². The van der Waals surface area contributed by atoms with Gasteiger partial charge in [0.15, 0.2) is 0 Å². The first-order chi connectivity index (χ1) is 8.56. The number of nitrogens with zero attached hydrogens (tertiary/aromatic N) is 1. The lowest BCUT2D eigenvalue weighted by atomic mass is 10.1. The lowest BCUT2D eigenvalue weighted by molar-refractivity contribution is 0.348. The zero-order valence-corrected chi connectivity index (χ0v) is 14.3. The average Bonchev–Trinajstić information content (AvgIpc) is 2.48. The quantitative estimate of drug-likeness (QED) is 0.775. The lowest BCUT2D eigenvalue weighted by Crippen LogP contribution is -2.23. The van der Waals surface area contributed by atoms with E-state index < -0.39 is 0 Å². The van der Waals surface area contributed by atoms with Crippen LogP contribution in [0.2, 0.25) is 5.02 Å². The van der Waals surface area contributed by atoms with Crippen LogP contribution in [-0.2, 0) is 0 Å². The Balaban J connectivity index is 2.09. The highest BCUT2D eigenvalue weighted by molar-refractivity contribution is 9.11. The molecule has 0 saturated carbocycles. The van der Waals surface area contributed by atoms with Crippen molar-refractivity contribution >= 4 is 49.1 Å². The van der Waals surface area contributed by atoms with Crippen molar-refractivity contribution < 1.29 is 0 Å². The summed E-state index contributed by atoms with van der Waals surface area (Å²) in [4.78, 5) is 2.40. The maximum absolute atomic E-state index is 6.02. The molecule has 1 aliphatic rings. The number of rotatable bonds is 2. The fraction of sp³-hybridized carbons (Fsp3) is 0.538. The van der Waals surface area contributed by atoms with E-state index in [4.69, 9.17) is 11.6 Å². The Morgan fingerprint density at radius 3 is 2.56 bits per heavy atom. The zero-order chi connectivity index (χ0) is 13.1. The van der Waals surface area contributed by atoms with Gasteiger partial charge in [0.05, 0.1) is 5.69 Å². The van der Waals surface area contributed by atoms with Gasteiger partial charge < -0.3 is 10.2 Å². The normalized spacial score (nSPS) is 21.7. The number of nitrogens with one attached hydrogen (secondary N) is 1. The minimum atomic E-state index is 0.531. The third kappa shape index (κ3) is 3.86. The molecule has 0 amide bonds. The van der Waals surface area contributed by atoms with Gasteiger partial charge in [-0.3, -0.25) is 0 Å². The highest BCUT2D eigenvalue weighted by Gasteiger charge is 2.17. The number of halogens is 3. The summed E-state index contributed by atoms with van der Waals surface area (Å²) >= 11 is 13.2. The Hall–Kier alpha value is 0.230. The van der Waals surface area contributed by atoms with E-state index in [1.165, 1.54) is 25.8 Å². The molecule has 1 aromatic rings. The van der Waals surface area contributed by atoms with Gasteiger partial charge in [-0.05, 0) is 83.4 Å². The third-order valence-corrected chi connectivity index (χ3v) is 4.78. The predicted molar refractivity (Wildman–Crippen MR) is 85.6 cm³/mol. The molecule has 1 saturated heterocycles. The molecule has 100 valence electrons. The van der Waals surface area contributed by atoms with E-state index in [0.717, 1.165) is 26.2 Å². The molecule has 0 radical (unpaired) electrons. The fourth-order valence-electron chi connectivity index (χ4n) is 2.27. The topological polar surface area (TPSA) is 15.3 Å². The van der Waals surface area contributed by atoms with Gasteiger partial charge in [0.2, 0.25) is 0 Å². The molecule has 1 fully saturated rings. The van der Waals surface area contributed by atoms with Crippen LogP contribution in [0.3, 0.4) is 0 Å². The van der Waals surface area contributed by atoms with Crippen LogP contribution in [0.25, 0.3) is 0 Å². The molecule has 5 heteroatoms. The summed E-state index contributed by atoms with van der Waals surface area (Å²) in [6.07, 6.45) is 3.64. The molecule has 18 heavy (non-hydrogen) atoms. The number of likely N-dealkylation sites (tertiary alicyclic amines) is 1. The van der Waals surface area contributed by atoms with E-state index in [-0.39, 0.29) is 0 Å². The highest BCUT2D eigenvalue weighted by atomic mass is 79.9. The van der Waals surface area contributed by atoms with Gasteiger partial charge in [0, 0.05) is 20.0 Å². The van der Waals surface area contributed by atoms with Gasteiger partial charge in [-0.1, -0.05) is 11.6 Å². The summed E-state index contributed by atoms with van der Waals surface area (Å²) in [7, 11) is 2.19. The van der Waals surface area contributed by atoms with Crippen LogP contribution < -0.4 is 5.32 Å². The SMILES string of the molecule is CN1CCCC(Nc2c(Br)cc(Cl)cc2Br)CC1. The number of benzene rings is 1. The molecule has 1 aromatic carbocycles. The molecule has 0 aliphatic carbocycles. The second kappa shape index (κ2) is 6.60.